The van der Waals surface area contributed by atoms with Gasteiger partial charge in [-0.1, -0.05) is 30.0 Å². The summed E-state index contributed by atoms with van der Waals surface area (Å²) in [6.45, 7) is 5.35. The highest BCUT2D eigenvalue weighted by Crippen LogP contribution is 2.51. The van der Waals surface area contributed by atoms with Gasteiger partial charge in [0.05, 0.1) is 0 Å². The number of hydrogen-bond acceptors (Lipinski definition) is 4. The van der Waals surface area contributed by atoms with Crippen LogP contribution in [0.15, 0.2) is 29.3 Å². The molecule has 1 saturated carbocycles. The predicted octanol–water partition coefficient (Wildman–Crippen LogP) is 3.88. The van der Waals surface area contributed by atoms with Crippen LogP contribution >= 0.6 is 11.8 Å². The lowest BCUT2D eigenvalue weighted by molar-refractivity contribution is -0.117. The molecule has 1 amide bonds. The zero-order valence-electron chi connectivity index (χ0n) is 14.5. The fourth-order valence-electron chi connectivity index (χ4n) is 3.62. The van der Waals surface area contributed by atoms with Gasteiger partial charge in [-0.05, 0) is 26.8 Å². The van der Waals surface area contributed by atoms with Crippen molar-refractivity contribution in [3.8, 4) is 0 Å². The van der Waals surface area contributed by atoms with Gasteiger partial charge >= 0.3 is 6.09 Å². The number of fused-ring (bicyclic) bond motifs is 1. The summed E-state index contributed by atoms with van der Waals surface area (Å²) in [4.78, 5) is 29.9. The van der Waals surface area contributed by atoms with Gasteiger partial charge in [-0.2, -0.15) is 0 Å². The quantitative estimate of drug-likeness (QED) is 0.821. The minimum atomic E-state index is -1.11. The number of aliphatic imine (C=N–C) groups is 1. The molecule has 134 valence electrons. The number of Topliss-reactive ketones (excluding diaryl/α,β-unsaturated/α-hetero) is 1. The standard InChI is InChI=1S/C18H21FN2O3S/c1-17(2,3)21(16(23)24)15-20-18(13-6-4-5-7-14(13)19)9-12(22)8-11(18)10-25-15/h4-7,11H,8-10H2,1-3H3,(H,23,24)/t11-,18-/m0/s1. The lowest BCUT2D eigenvalue weighted by Gasteiger charge is -2.41. The molecule has 1 aliphatic heterocycles. The number of rotatable bonds is 1. The van der Waals surface area contributed by atoms with Crippen molar-refractivity contribution < 1.29 is 19.1 Å². The molecule has 0 unspecified atom stereocenters. The molecule has 1 aromatic carbocycles. The Balaban J connectivity index is 2.17. The Hall–Kier alpha value is -1.89. The fraction of sp³-hybridized carbons (Fsp3) is 0.500. The van der Waals surface area contributed by atoms with Gasteiger partial charge in [-0.15, -0.1) is 0 Å². The van der Waals surface area contributed by atoms with Gasteiger partial charge in [0.25, 0.3) is 0 Å². The van der Waals surface area contributed by atoms with Gasteiger partial charge in [0.1, 0.15) is 17.1 Å². The normalized spacial score (nSPS) is 26.2. The predicted molar refractivity (Wildman–Crippen MR) is 95.3 cm³/mol. The molecule has 0 spiro atoms. The second kappa shape index (κ2) is 6.12. The van der Waals surface area contributed by atoms with Crippen molar-refractivity contribution >= 4 is 28.8 Å². The van der Waals surface area contributed by atoms with Crippen LogP contribution in [0.4, 0.5) is 9.18 Å². The van der Waals surface area contributed by atoms with Crippen LogP contribution in [0.25, 0.3) is 0 Å². The molecule has 0 bridgehead atoms. The van der Waals surface area contributed by atoms with E-state index < -0.39 is 23.0 Å². The second-order valence-electron chi connectivity index (χ2n) is 7.51. The molecular weight excluding hydrogens is 343 g/mol. The number of nitrogens with zero attached hydrogens (tertiary/aromatic N) is 2. The van der Waals surface area contributed by atoms with Crippen LogP contribution in [0.5, 0.6) is 0 Å². The molecular formula is C18H21FN2O3S. The highest BCUT2D eigenvalue weighted by Gasteiger charge is 2.53. The van der Waals surface area contributed by atoms with E-state index in [9.17, 15) is 19.1 Å². The van der Waals surface area contributed by atoms with Crippen LogP contribution in [0.2, 0.25) is 0 Å². The maximum absolute atomic E-state index is 14.5. The Morgan fingerprint density at radius 1 is 1.40 bits per heavy atom. The van der Waals surface area contributed by atoms with E-state index in [-0.39, 0.29) is 18.1 Å². The first-order valence-electron chi connectivity index (χ1n) is 8.17. The van der Waals surface area contributed by atoms with Crippen LogP contribution in [0.1, 0.15) is 39.2 Å². The molecule has 7 heteroatoms. The maximum atomic E-state index is 14.5. The van der Waals surface area contributed by atoms with Crippen molar-refractivity contribution in [3.63, 3.8) is 0 Å². The molecule has 2 aliphatic rings. The van der Waals surface area contributed by atoms with Gasteiger partial charge in [-0.3, -0.25) is 9.69 Å². The van der Waals surface area contributed by atoms with Gasteiger partial charge < -0.3 is 5.11 Å². The average molecular weight is 364 g/mol. The monoisotopic (exact) mass is 364 g/mol. The Bertz CT molecular complexity index is 759. The zero-order chi connectivity index (χ0) is 18.4. The Morgan fingerprint density at radius 3 is 2.68 bits per heavy atom. The molecule has 1 aromatic rings. The molecule has 0 radical (unpaired) electrons. The molecule has 1 fully saturated rings. The van der Waals surface area contributed by atoms with Gasteiger partial charge in [0.15, 0.2) is 5.17 Å². The van der Waals surface area contributed by atoms with Crippen molar-refractivity contribution in [1.29, 1.82) is 0 Å². The third kappa shape index (κ3) is 3.05. The van der Waals surface area contributed by atoms with Crippen LogP contribution in [0, 0.1) is 11.7 Å². The largest absolute Gasteiger partial charge is 0.465 e. The van der Waals surface area contributed by atoms with E-state index in [1.807, 2.05) is 0 Å². The first kappa shape index (κ1) is 17.9. The Morgan fingerprint density at radius 2 is 2.08 bits per heavy atom. The summed E-state index contributed by atoms with van der Waals surface area (Å²) in [6.07, 6.45) is -0.647. The summed E-state index contributed by atoms with van der Waals surface area (Å²) in [6, 6.07) is 6.34. The topological polar surface area (TPSA) is 70.0 Å². The molecule has 0 saturated heterocycles. The molecule has 1 aliphatic carbocycles. The first-order valence-corrected chi connectivity index (χ1v) is 9.16. The summed E-state index contributed by atoms with van der Waals surface area (Å²) in [5.74, 6) is 0.0475. The first-order chi connectivity index (χ1) is 11.6. The zero-order valence-corrected chi connectivity index (χ0v) is 15.3. The van der Waals surface area contributed by atoms with Crippen LogP contribution in [-0.4, -0.2) is 38.3 Å². The number of ketones is 1. The SMILES string of the molecule is CC(C)(C)N(C(=O)O)C1=N[C@@]2(c3ccccc3F)CC(=O)C[C@H]2CS1. The van der Waals surface area contributed by atoms with Crippen LogP contribution in [0.3, 0.4) is 0 Å². The van der Waals surface area contributed by atoms with Crippen molar-refractivity contribution in [2.24, 2.45) is 10.9 Å². The number of halogens is 1. The minimum Gasteiger partial charge on any atom is -0.465 e. The number of amides is 1. The third-order valence-corrected chi connectivity index (χ3v) is 5.82. The summed E-state index contributed by atoms with van der Waals surface area (Å²) in [5, 5.41) is 9.98. The van der Waals surface area contributed by atoms with E-state index in [1.54, 1.807) is 39.0 Å². The second-order valence-corrected chi connectivity index (χ2v) is 8.50. The number of hydrogen-bond donors (Lipinski definition) is 1. The number of amidine groups is 1. The van der Waals surface area contributed by atoms with Crippen LogP contribution < -0.4 is 0 Å². The molecule has 1 N–H and O–H groups in total. The van der Waals surface area contributed by atoms with Crippen molar-refractivity contribution in [1.82, 2.24) is 4.90 Å². The number of carbonyl (C=O) groups is 2. The van der Waals surface area contributed by atoms with E-state index in [4.69, 9.17) is 4.99 Å². The van der Waals surface area contributed by atoms with Crippen molar-refractivity contribution in [2.75, 3.05) is 5.75 Å². The lowest BCUT2D eigenvalue weighted by Crippen LogP contribution is -2.50. The van der Waals surface area contributed by atoms with Gasteiger partial charge in [-0.25, -0.2) is 14.2 Å². The highest BCUT2D eigenvalue weighted by molar-refractivity contribution is 8.13. The van der Waals surface area contributed by atoms with E-state index in [2.05, 4.69) is 0 Å². The molecule has 2 atom stereocenters. The van der Waals surface area contributed by atoms with E-state index in [1.165, 1.54) is 22.7 Å². The van der Waals surface area contributed by atoms with Gasteiger partial charge in [0, 0.05) is 35.6 Å². The Labute approximate surface area is 150 Å². The van der Waals surface area contributed by atoms with Crippen molar-refractivity contribution in [2.45, 2.75) is 44.7 Å². The summed E-state index contributed by atoms with van der Waals surface area (Å²) in [7, 11) is 0. The number of thioether (sulfide) groups is 1. The Kier molecular flexibility index (Phi) is 4.39. The summed E-state index contributed by atoms with van der Waals surface area (Å²) in [5.41, 5.74) is -1.33. The van der Waals surface area contributed by atoms with Crippen LogP contribution in [-0.2, 0) is 10.3 Å². The maximum Gasteiger partial charge on any atom is 0.413 e. The molecule has 5 nitrogen and oxygen atoms in total. The summed E-state index contributed by atoms with van der Waals surface area (Å²) < 4.78 is 14.5. The fourth-order valence-corrected chi connectivity index (χ4v) is 5.08. The lowest BCUT2D eigenvalue weighted by atomic mass is 9.81. The van der Waals surface area contributed by atoms with Gasteiger partial charge in [0.2, 0.25) is 0 Å². The molecule has 25 heavy (non-hydrogen) atoms. The molecule has 1 heterocycles. The number of benzene rings is 1. The third-order valence-electron chi connectivity index (χ3n) is 4.72. The van der Waals surface area contributed by atoms with E-state index in [0.29, 0.717) is 22.9 Å². The van der Waals surface area contributed by atoms with E-state index in [0.717, 1.165) is 0 Å². The minimum absolute atomic E-state index is 0.0384. The van der Waals surface area contributed by atoms with Crippen molar-refractivity contribution in [3.05, 3.63) is 35.6 Å². The smallest absolute Gasteiger partial charge is 0.413 e. The van der Waals surface area contributed by atoms with E-state index >= 15 is 0 Å². The number of carboxylic acid groups (broad SMARTS) is 1. The average Bonchev–Trinajstić information content (AvgIpc) is 2.82. The number of carbonyl (C=O) groups excluding carboxylic acids is 1. The highest BCUT2D eigenvalue weighted by atomic mass is 32.2. The molecule has 0 aromatic heterocycles. The summed E-state index contributed by atoms with van der Waals surface area (Å²) >= 11 is 1.32. The molecule has 3 rings (SSSR count).